The van der Waals surface area contributed by atoms with Gasteiger partial charge < -0.3 is 14.4 Å². The van der Waals surface area contributed by atoms with Crippen LogP contribution in [0.3, 0.4) is 0 Å². The maximum atomic E-state index is 13.5. The van der Waals surface area contributed by atoms with E-state index in [0.717, 1.165) is 19.6 Å². The van der Waals surface area contributed by atoms with Crippen molar-refractivity contribution in [3.8, 4) is 11.5 Å². The lowest BCUT2D eigenvalue weighted by Crippen LogP contribution is -2.52. The SMILES string of the molecule is COc1ccc(OC)c(S(=O)(=O)N2CCCC(C(=O)N3CCN(Cc4ccccc4)CC3)C2)c1. The molecule has 8 nitrogen and oxygen atoms in total. The number of methoxy groups -OCH3 is 2. The molecule has 2 aliphatic rings. The van der Waals surface area contributed by atoms with Crippen molar-refractivity contribution in [2.24, 2.45) is 5.92 Å². The smallest absolute Gasteiger partial charge is 0.246 e. The van der Waals surface area contributed by atoms with Crippen molar-refractivity contribution in [2.75, 3.05) is 53.5 Å². The van der Waals surface area contributed by atoms with E-state index in [9.17, 15) is 13.2 Å². The Bertz CT molecular complexity index is 1080. The van der Waals surface area contributed by atoms with Gasteiger partial charge in [0, 0.05) is 51.9 Å². The molecule has 0 radical (unpaired) electrons. The first-order valence-corrected chi connectivity index (χ1v) is 13.1. The van der Waals surface area contributed by atoms with Crippen LogP contribution in [0.1, 0.15) is 18.4 Å². The highest BCUT2D eigenvalue weighted by atomic mass is 32.2. The molecule has 2 fully saturated rings. The molecule has 1 atom stereocenters. The van der Waals surface area contributed by atoms with Crippen LogP contribution in [0.25, 0.3) is 0 Å². The van der Waals surface area contributed by atoms with E-state index in [0.29, 0.717) is 38.2 Å². The Kier molecular flexibility index (Phi) is 7.75. The molecule has 4 rings (SSSR count). The number of sulfonamides is 1. The zero-order valence-corrected chi connectivity index (χ0v) is 20.7. The van der Waals surface area contributed by atoms with Crippen molar-refractivity contribution in [1.29, 1.82) is 0 Å². The molecule has 184 valence electrons. The first-order chi connectivity index (χ1) is 16.4. The number of ether oxygens (including phenoxy) is 2. The van der Waals surface area contributed by atoms with Crippen LogP contribution in [0.4, 0.5) is 0 Å². The van der Waals surface area contributed by atoms with Crippen molar-refractivity contribution in [2.45, 2.75) is 24.3 Å². The standard InChI is InChI=1S/C25H33N3O5S/c1-32-22-10-11-23(33-2)24(17-22)34(30,31)28-12-6-9-21(19-28)25(29)27-15-13-26(14-16-27)18-20-7-4-3-5-8-20/h3-5,7-8,10-11,17,21H,6,9,12-16,18-19H2,1-2H3. The molecule has 2 aliphatic heterocycles. The van der Waals surface area contributed by atoms with Gasteiger partial charge in [-0.05, 0) is 30.5 Å². The van der Waals surface area contributed by atoms with Crippen molar-refractivity contribution >= 4 is 15.9 Å². The third-order valence-corrected chi connectivity index (χ3v) is 8.54. The molecule has 0 spiro atoms. The molecule has 1 unspecified atom stereocenters. The first-order valence-electron chi connectivity index (χ1n) is 11.7. The lowest BCUT2D eigenvalue weighted by Gasteiger charge is -2.38. The van der Waals surface area contributed by atoms with Crippen LogP contribution in [0.2, 0.25) is 0 Å². The average molecular weight is 488 g/mol. The van der Waals surface area contributed by atoms with Crippen molar-refractivity contribution in [3.05, 3.63) is 54.1 Å². The fourth-order valence-electron chi connectivity index (χ4n) is 4.71. The second-order valence-electron chi connectivity index (χ2n) is 8.81. The number of benzene rings is 2. The molecule has 2 aromatic carbocycles. The van der Waals surface area contributed by atoms with Crippen LogP contribution in [0.5, 0.6) is 11.5 Å². The van der Waals surface area contributed by atoms with Crippen LogP contribution in [-0.4, -0.2) is 81.9 Å². The Morgan fingerprint density at radius 1 is 0.971 bits per heavy atom. The number of rotatable bonds is 7. The molecule has 0 aromatic heterocycles. The largest absolute Gasteiger partial charge is 0.497 e. The van der Waals surface area contributed by atoms with E-state index in [1.807, 2.05) is 23.1 Å². The third kappa shape index (κ3) is 5.37. The summed E-state index contributed by atoms with van der Waals surface area (Å²) < 4.78 is 38.8. The minimum atomic E-state index is -3.83. The second-order valence-corrected chi connectivity index (χ2v) is 10.7. The van der Waals surface area contributed by atoms with Gasteiger partial charge >= 0.3 is 0 Å². The number of carbonyl (C=O) groups is 1. The van der Waals surface area contributed by atoms with E-state index in [1.165, 1.54) is 30.2 Å². The van der Waals surface area contributed by atoms with Crippen LogP contribution in [-0.2, 0) is 21.4 Å². The lowest BCUT2D eigenvalue weighted by atomic mass is 9.97. The number of hydrogen-bond donors (Lipinski definition) is 0. The van der Waals surface area contributed by atoms with Crippen LogP contribution < -0.4 is 9.47 Å². The summed E-state index contributed by atoms with van der Waals surface area (Å²) in [6, 6.07) is 15.1. The quantitative estimate of drug-likeness (QED) is 0.597. The first kappa shape index (κ1) is 24.5. The Labute approximate surface area is 202 Å². The molecule has 34 heavy (non-hydrogen) atoms. The van der Waals surface area contributed by atoms with Crippen LogP contribution >= 0.6 is 0 Å². The highest BCUT2D eigenvalue weighted by Gasteiger charge is 2.37. The third-order valence-electron chi connectivity index (χ3n) is 6.65. The van der Waals surface area contributed by atoms with E-state index in [4.69, 9.17) is 9.47 Å². The topological polar surface area (TPSA) is 79.4 Å². The normalized spacial score (nSPS) is 20.2. The van der Waals surface area contributed by atoms with E-state index in [1.54, 1.807) is 12.1 Å². The van der Waals surface area contributed by atoms with Gasteiger partial charge in [0.1, 0.15) is 16.4 Å². The number of piperazine rings is 1. The Morgan fingerprint density at radius 3 is 2.38 bits per heavy atom. The number of carbonyl (C=O) groups excluding carboxylic acids is 1. The summed E-state index contributed by atoms with van der Waals surface area (Å²) in [4.78, 5) is 17.6. The van der Waals surface area contributed by atoms with Gasteiger partial charge in [0.15, 0.2) is 0 Å². The van der Waals surface area contributed by atoms with Crippen molar-refractivity contribution < 1.29 is 22.7 Å². The van der Waals surface area contributed by atoms with Crippen LogP contribution in [0, 0.1) is 5.92 Å². The zero-order valence-electron chi connectivity index (χ0n) is 19.9. The Balaban J connectivity index is 1.39. The lowest BCUT2D eigenvalue weighted by molar-refractivity contribution is -0.138. The summed E-state index contributed by atoms with van der Waals surface area (Å²) in [6.07, 6.45) is 1.35. The monoisotopic (exact) mass is 487 g/mol. The molecule has 0 N–H and O–H groups in total. The van der Waals surface area contributed by atoms with Crippen molar-refractivity contribution in [3.63, 3.8) is 0 Å². The number of amides is 1. The zero-order chi connectivity index (χ0) is 24.1. The fourth-order valence-corrected chi connectivity index (χ4v) is 6.41. The van der Waals surface area contributed by atoms with Gasteiger partial charge in [-0.15, -0.1) is 0 Å². The van der Waals surface area contributed by atoms with E-state index >= 15 is 0 Å². The van der Waals surface area contributed by atoms with Gasteiger partial charge in [-0.1, -0.05) is 30.3 Å². The van der Waals surface area contributed by atoms with Gasteiger partial charge in [-0.25, -0.2) is 8.42 Å². The summed E-state index contributed by atoms with van der Waals surface area (Å²) in [7, 11) is -0.890. The van der Waals surface area contributed by atoms with E-state index < -0.39 is 10.0 Å². The summed E-state index contributed by atoms with van der Waals surface area (Å²) in [5.74, 6) is 0.429. The second kappa shape index (κ2) is 10.8. The molecule has 0 saturated carbocycles. The molecule has 1 amide bonds. The molecule has 0 bridgehead atoms. The number of nitrogens with zero attached hydrogens (tertiary/aromatic N) is 3. The number of piperidine rings is 1. The summed E-state index contributed by atoms with van der Waals surface area (Å²) in [5, 5.41) is 0. The molecular formula is C25H33N3O5S. The molecule has 2 heterocycles. The van der Waals surface area contributed by atoms with Crippen molar-refractivity contribution in [1.82, 2.24) is 14.1 Å². The van der Waals surface area contributed by atoms with Gasteiger partial charge in [-0.2, -0.15) is 4.31 Å². The summed E-state index contributed by atoms with van der Waals surface area (Å²) >= 11 is 0. The Hall–Kier alpha value is -2.62. The predicted octanol–water partition coefficient (Wildman–Crippen LogP) is 2.45. The molecular weight excluding hydrogens is 454 g/mol. The minimum Gasteiger partial charge on any atom is -0.497 e. The van der Waals surface area contributed by atoms with Crippen LogP contribution in [0.15, 0.2) is 53.4 Å². The minimum absolute atomic E-state index is 0.0527. The molecule has 2 aromatic rings. The van der Waals surface area contributed by atoms with Gasteiger partial charge in [0.05, 0.1) is 20.1 Å². The summed E-state index contributed by atoms with van der Waals surface area (Å²) in [6.45, 7) is 4.41. The van der Waals surface area contributed by atoms with Gasteiger partial charge in [-0.3, -0.25) is 9.69 Å². The molecule has 2 saturated heterocycles. The van der Waals surface area contributed by atoms with Gasteiger partial charge in [0.25, 0.3) is 0 Å². The molecule has 9 heteroatoms. The maximum Gasteiger partial charge on any atom is 0.246 e. The molecule has 0 aliphatic carbocycles. The fraction of sp³-hybridized carbons (Fsp3) is 0.480. The van der Waals surface area contributed by atoms with E-state index in [2.05, 4.69) is 17.0 Å². The van der Waals surface area contributed by atoms with Gasteiger partial charge in [0.2, 0.25) is 15.9 Å². The Morgan fingerprint density at radius 2 is 1.71 bits per heavy atom. The average Bonchev–Trinajstić information content (AvgIpc) is 2.89. The maximum absolute atomic E-state index is 13.5. The summed E-state index contributed by atoms with van der Waals surface area (Å²) in [5.41, 5.74) is 1.27. The predicted molar refractivity (Wildman–Crippen MR) is 129 cm³/mol. The highest BCUT2D eigenvalue weighted by molar-refractivity contribution is 7.89. The van der Waals surface area contributed by atoms with E-state index in [-0.39, 0.29) is 29.0 Å². The highest BCUT2D eigenvalue weighted by Crippen LogP contribution is 2.33. The number of hydrogen-bond acceptors (Lipinski definition) is 6.